The normalized spacial score (nSPS) is 9.42. The van der Waals surface area contributed by atoms with Gasteiger partial charge in [-0.3, -0.25) is 0 Å². The molecule has 0 saturated carbocycles. The van der Waals surface area contributed by atoms with Crippen LogP contribution in [0.4, 0.5) is 0 Å². The third-order valence-electron chi connectivity index (χ3n) is 2.01. The zero-order valence-corrected chi connectivity index (χ0v) is 14.6. The molecule has 0 N–H and O–H groups in total. The molecule has 0 aliphatic heterocycles. The Morgan fingerprint density at radius 2 is 1.32 bits per heavy atom. The number of nitrogens with zero attached hydrogens (tertiary/aromatic N) is 3. The Morgan fingerprint density at radius 3 is 1.53 bits per heavy atom. The first-order valence-corrected chi connectivity index (χ1v) is 8.67. The Balaban J connectivity index is -0.000000303. The van der Waals surface area contributed by atoms with E-state index in [0.717, 1.165) is 0 Å². The Bertz CT molecular complexity index is 198. The largest absolute Gasteiger partial charge is 0.500 e. The van der Waals surface area contributed by atoms with Crippen LogP contribution >= 0.6 is 0 Å². The van der Waals surface area contributed by atoms with Crippen LogP contribution in [0.25, 0.3) is 10.4 Å². The molecule has 0 aromatic carbocycles. The van der Waals surface area contributed by atoms with Gasteiger partial charge in [-0.15, -0.1) is 0 Å². The maximum Gasteiger partial charge on any atom is 0.500 e. The zero-order valence-electron chi connectivity index (χ0n) is 13.6. The monoisotopic (exact) mass is 293 g/mol. The summed E-state index contributed by atoms with van der Waals surface area (Å²) in [7, 11) is 2.05. The van der Waals surface area contributed by atoms with Crippen LogP contribution < -0.4 is 0 Å². The molecule has 0 spiro atoms. The zero-order chi connectivity index (χ0) is 15.6. The molecule has 0 unspecified atom stereocenters. The molecule has 0 saturated heterocycles. The van der Waals surface area contributed by atoms with Gasteiger partial charge in [0.25, 0.3) is 0 Å². The second-order valence-electron chi connectivity index (χ2n) is 3.71. The van der Waals surface area contributed by atoms with Gasteiger partial charge in [0.1, 0.15) is 0 Å². The van der Waals surface area contributed by atoms with Crippen molar-refractivity contribution in [3.05, 3.63) is 10.4 Å². The first kappa shape index (κ1) is 23.5. The van der Waals surface area contributed by atoms with Crippen LogP contribution in [0.3, 0.4) is 0 Å². The molecule has 116 valence electrons. The van der Waals surface area contributed by atoms with Crippen LogP contribution in [0.1, 0.15) is 47.0 Å². The summed E-state index contributed by atoms with van der Waals surface area (Å²) in [6.45, 7) is 8.94. The van der Waals surface area contributed by atoms with Crippen LogP contribution in [0, 0.1) is 0 Å². The second-order valence-corrected chi connectivity index (χ2v) is 6.80. The maximum absolute atomic E-state index is 8.03. The summed E-state index contributed by atoms with van der Waals surface area (Å²) in [6, 6.07) is 0.501. The molecule has 0 heterocycles. The van der Waals surface area contributed by atoms with Crippen LogP contribution in [0.15, 0.2) is 5.11 Å². The first-order valence-electron chi connectivity index (χ1n) is 6.74. The number of unbranched alkanes of at least 4 members (excludes halogenated alkanes) is 1. The lowest BCUT2D eigenvalue weighted by atomic mass is 10.4. The molecule has 0 radical (unpaired) electrons. The van der Waals surface area contributed by atoms with Gasteiger partial charge in [0.15, 0.2) is 0 Å². The highest BCUT2D eigenvalue weighted by Gasteiger charge is 2.36. The van der Waals surface area contributed by atoms with Crippen molar-refractivity contribution in [1.82, 2.24) is 0 Å². The molecule has 0 rings (SSSR count). The lowest BCUT2D eigenvalue weighted by Crippen LogP contribution is -2.43. The molecule has 0 aromatic heterocycles. The van der Waals surface area contributed by atoms with E-state index in [-0.39, 0.29) is 0 Å². The number of hydrogen-bond acceptors (Lipinski definition) is 4. The van der Waals surface area contributed by atoms with E-state index < -0.39 is 8.80 Å². The molecule has 0 atom stereocenters. The summed E-state index contributed by atoms with van der Waals surface area (Å²) >= 11 is 0. The van der Waals surface area contributed by atoms with Gasteiger partial charge in [-0.05, 0) is 5.53 Å². The van der Waals surface area contributed by atoms with Gasteiger partial charge in [-0.1, -0.05) is 52.1 Å². The van der Waals surface area contributed by atoms with Gasteiger partial charge in [-0.2, -0.15) is 0 Å². The summed E-state index contributed by atoms with van der Waals surface area (Å²) in [6.07, 6.45) is 3.89. The van der Waals surface area contributed by atoms with Crippen LogP contribution in [-0.4, -0.2) is 36.7 Å². The number of hydrogen-bond donors (Lipinski definition) is 0. The minimum Gasteiger partial charge on any atom is -0.377 e. The second kappa shape index (κ2) is 19.7. The molecule has 0 bridgehead atoms. The first-order chi connectivity index (χ1) is 9.07. The van der Waals surface area contributed by atoms with Gasteiger partial charge in [0, 0.05) is 38.8 Å². The van der Waals surface area contributed by atoms with Crippen molar-refractivity contribution in [1.29, 1.82) is 0 Å². The van der Waals surface area contributed by atoms with Crippen LogP contribution in [0.5, 0.6) is 0 Å². The molecule has 0 aliphatic rings. The quantitative estimate of drug-likeness (QED) is 0.302. The average Bonchev–Trinajstić information content (AvgIpc) is 2.45. The van der Waals surface area contributed by atoms with Gasteiger partial charge < -0.3 is 13.3 Å². The number of azide groups is 1. The molecular weight excluding hydrogens is 262 g/mol. The third-order valence-corrected chi connectivity index (χ3v) is 4.72. The van der Waals surface area contributed by atoms with E-state index in [2.05, 4.69) is 37.7 Å². The van der Waals surface area contributed by atoms with E-state index in [1.54, 1.807) is 0 Å². The minimum atomic E-state index is -2.52. The fraction of sp³-hybridized carbons (Fsp3) is 1.00. The average molecular weight is 293 g/mol. The number of rotatable bonds is 7. The van der Waals surface area contributed by atoms with E-state index >= 15 is 0 Å². The lowest BCUT2D eigenvalue weighted by molar-refractivity contribution is 0.124. The Hall–Kier alpha value is -0.593. The lowest BCUT2D eigenvalue weighted by Gasteiger charge is -2.23. The molecule has 0 amide bonds. The smallest absolute Gasteiger partial charge is 0.377 e. The predicted molar refractivity (Wildman–Crippen MR) is 82.1 cm³/mol. The highest BCUT2D eigenvalue weighted by molar-refractivity contribution is 6.60. The van der Waals surface area contributed by atoms with Crippen molar-refractivity contribution in [3.8, 4) is 0 Å². The van der Waals surface area contributed by atoms with Crippen molar-refractivity contribution < 1.29 is 13.3 Å². The van der Waals surface area contributed by atoms with Gasteiger partial charge in [0.05, 0.1) is 0 Å². The van der Waals surface area contributed by atoms with Crippen LogP contribution in [-0.2, 0) is 13.3 Å². The van der Waals surface area contributed by atoms with Crippen molar-refractivity contribution in [2.45, 2.75) is 53.0 Å². The predicted octanol–water partition coefficient (Wildman–Crippen LogP) is 4.40. The van der Waals surface area contributed by atoms with Crippen molar-refractivity contribution >= 4 is 8.80 Å². The highest BCUT2D eigenvalue weighted by atomic mass is 28.4. The van der Waals surface area contributed by atoms with Gasteiger partial charge in [-0.25, -0.2) is 0 Å². The van der Waals surface area contributed by atoms with E-state index in [4.69, 9.17) is 18.8 Å². The third kappa shape index (κ3) is 17.4. The maximum atomic E-state index is 8.03. The Kier molecular flexibility index (Phi) is 24.4. The van der Waals surface area contributed by atoms with Crippen molar-refractivity contribution in [2.75, 3.05) is 27.9 Å². The van der Waals surface area contributed by atoms with Crippen molar-refractivity contribution in [2.24, 2.45) is 5.11 Å². The summed E-state index contributed by atoms with van der Waals surface area (Å²) in [4.78, 5) is 2.62. The minimum absolute atomic E-state index is 0.332. The summed E-state index contributed by atoms with van der Waals surface area (Å²) in [5, 5.41) is 3.38. The molecule has 6 nitrogen and oxygen atoms in total. The van der Waals surface area contributed by atoms with E-state index in [1.165, 1.54) is 40.6 Å². The SMILES string of the molecule is CCC.CCCC.CO[Si](CCN=[N+]=[N-])(OC)OC. The fourth-order valence-corrected chi connectivity index (χ4v) is 2.27. The van der Waals surface area contributed by atoms with Gasteiger partial charge >= 0.3 is 8.80 Å². The van der Waals surface area contributed by atoms with Gasteiger partial charge in [0.2, 0.25) is 0 Å². The Morgan fingerprint density at radius 1 is 0.947 bits per heavy atom. The van der Waals surface area contributed by atoms with Crippen LogP contribution in [0.2, 0.25) is 6.04 Å². The Labute approximate surface area is 119 Å². The van der Waals surface area contributed by atoms with E-state index in [0.29, 0.717) is 12.6 Å². The fourth-order valence-electron chi connectivity index (χ4n) is 0.788. The van der Waals surface area contributed by atoms with Crippen molar-refractivity contribution in [3.63, 3.8) is 0 Å². The highest BCUT2D eigenvalue weighted by Crippen LogP contribution is 2.11. The summed E-state index contributed by atoms with van der Waals surface area (Å²) in [5.41, 5.74) is 8.03. The van der Waals surface area contributed by atoms with E-state index in [1.807, 2.05) is 0 Å². The summed E-state index contributed by atoms with van der Waals surface area (Å²) < 4.78 is 15.3. The molecule has 7 heteroatoms. The molecule has 0 fully saturated rings. The molecular formula is C12H31N3O3Si. The summed E-state index contributed by atoms with van der Waals surface area (Å²) in [5.74, 6) is 0. The van der Waals surface area contributed by atoms with E-state index in [9.17, 15) is 0 Å². The molecule has 19 heavy (non-hydrogen) atoms. The molecule has 0 aliphatic carbocycles. The topological polar surface area (TPSA) is 76.5 Å². The standard InChI is InChI=1S/C5H13N3O3Si.C4H10.C3H8/c1-9-12(10-2,11-3)5-4-7-8-6;1-3-4-2;1-3-2/h4-5H2,1-3H3;3-4H2,1-2H3;3H2,1-2H3. The molecule has 0 aromatic rings.